The van der Waals surface area contributed by atoms with E-state index in [-0.39, 0.29) is 23.7 Å². The van der Waals surface area contributed by atoms with Gasteiger partial charge in [0.2, 0.25) is 35.4 Å². The van der Waals surface area contributed by atoms with Crippen LogP contribution in [0, 0.1) is 5.92 Å². The van der Waals surface area contributed by atoms with E-state index in [1.54, 1.807) is 0 Å². The van der Waals surface area contributed by atoms with Crippen LogP contribution in [0.15, 0.2) is 66.7 Å². The quantitative estimate of drug-likeness (QED) is 0.0744. The molecule has 3 aromatic rings. The van der Waals surface area contributed by atoms with Crippen molar-refractivity contribution < 1.29 is 98.5 Å². The average Bonchev–Trinajstić information content (AvgIpc) is 1.76. The number of aliphatic hydroxyl groups is 8. The Hall–Kier alpha value is -7.70. The van der Waals surface area contributed by atoms with Gasteiger partial charge in [-0.05, 0) is 74.1 Å². The first-order valence-electron chi connectivity index (χ1n) is 28.7. The number of alkyl carbamates (subject to hydrolysis) is 1. The number of nitrogens with one attached hydrogen (secondary N) is 5. The Bertz CT molecular complexity index is 2930. The number of β-amino-alcohol motifs (C(OH)–C–C–N with tert-alkyl or cyclic N) is 1. The van der Waals surface area contributed by atoms with Crippen molar-refractivity contribution >= 4 is 47.6 Å². The summed E-state index contributed by atoms with van der Waals surface area (Å²) in [6.07, 6.45) is -15.2. The molecule has 476 valence electrons. The molecule has 0 bridgehead atoms. The molecule has 1 aliphatic carbocycles. The van der Waals surface area contributed by atoms with E-state index < -0.39 is 209 Å². The fourth-order valence-corrected chi connectivity index (χ4v) is 11.4. The molecule has 87 heavy (non-hydrogen) atoms. The summed E-state index contributed by atoms with van der Waals surface area (Å²) in [5, 5.41) is 113. The number of nitrogens with zero attached hydrogens (tertiary/aromatic N) is 3. The standard InChI is InChI=1S/C59H80N8O20/c1-29-24-67-49(50(29)76)54(80)60-23-33(71)21-40(61-57(83)87-59(3,4)5)51(77)62-46(30(2)70)55(81)66-25-34(72)22-41(66)52(78)63-47(44(75)19-31-15-16-42(73)45(20-31)85-6)53(79)64-48(56(67)82)43(74)17-18-65(32(26-68)27-69)58(84)86-28-39-37-13-9-7-11-35(37)36-12-8-10-14-38(36)39/h7-16,20,29-30,32-34,39-41,43-44,46-50,68-76H,17-19,21-28H2,1-6H3,(H,60,80)(H,61,83)(H,62,77)(H,63,78)(H,64,79)/t29-,30+,33+,34+,40-,41-,43+,44+,46-,47-,48-,49-,50-/m0/s1. The molecule has 0 aromatic heterocycles. The minimum absolute atomic E-state index is 0.0541. The molecule has 3 saturated heterocycles. The van der Waals surface area contributed by atoms with Crippen LogP contribution in [0.5, 0.6) is 11.5 Å². The van der Waals surface area contributed by atoms with Gasteiger partial charge in [0.1, 0.15) is 48.5 Å². The Balaban J connectivity index is 1.26. The number of phenolic OH excluding ortho intramolecular Hbond substituents is 1. The first-order chi connectivity index (χ1) is 41.2. The van der Waals surface area contributed by atoms with E-state index in [1.807, 2.05) is 48.5 Å². The fourth-order valence-electron chi connectivity index (χ4n) is 11.4. The lowest BCUT2D eigenvalue weighted by Crippen LogP contribution is -2.64. The Morgan fingerprint density at radius 3 is 1.98 bits per heavy atom. The molecule has 0 spiro atoms. The van der Waals surface area contributed by atoms with Gasteiger partial charge >= 0.3 is 12.2 Å². The monoisotopic (exact) mass is 1220 g/mol. The van der Waals surface area contributed by atoms with Crippen LogP contribution in [0.4, 0.5) is 9.59 Å². The van der Waals surface area contributed by atoms with Gasteiger partial charge in [0.15, 0.2) is 11.5 Å². The zero-order chi connectivity index (χ0) is 63.8. The first-order valence-corrected chi connectivity index (χ1v) is 28.7. The molecule has 3 aliphatic heterocycles. The number of phenols is 1. The van der Waals surface area contributed by atoms with Gasteiger partial charge in [-0.25, -0.2) is 9.59 Å². The van der Waals surface area contributed by atoms with Gasteiger partial charge in [0.25, 0.3) is 0 Å². The molecular formula is C59H80N8O20. The van der Waals surface area contributed by atoms with Crippen LogP contribution in [0.2, 0.25) is 0 Å². The van der Waals surface area contributed by atoms with Crippen LogP contribution in [-0.2, 0) is 44.7 Å². The van der Waals surface area contributed by atoms with Crippen LogP contribution in [-0.4, -0.2) is 246 Å². The number of carbonyl (C=O) groups excluding carboxylic acids is 8. The molecule has 3 aromatic carbocycles. The lowest BCUT2D eigenvalue weighted by atomic mass is 9.98. The van der Waals surface area contributed by atoms with Crippen LogP contribution in [0.3, 0.4) is 0 Å². The van der Waals surface area contributed by atoms with Crippen molar-refractivity contribution in [2.75, 3.05) is 53.1 Å². The van der Waals surface area contributed by atoms with Crippen LogP contribution < -0.4 is 31.3 Å². The summed E-state index contributed by atoms with van der Waals surface area (Å²) < 4.78 is 16.4. The third kappa shape index (κ3) is 15.9. The van der Waals surface area contributed by atoms with E-state index in [2.05, 4.69) is 26.6 Å². The van der Waals surface area contributed by atoms with Gasteiger partial charge < -0.3 is 101 Å². The summed E-state index contributed by atoms with van der Waals surface area (Å²) in [6, 6.07) is 6.01. The van der Waals surface area contributed by atoms with Crippen molar-refractivity contribution in [1.82, 2.24) is 41.3 Å². The molecule has 7 rings (SSSR count). The SMILES string of the molecule is COc1cc(C[C@@H](O)[C@@H]2NC(=O)[C@@H]3C[C@@H](O)CN3C(=O)[C@H]([C@@H](C)O)NC(=O)[C@@H](NC(=O)OC(C)(C)C)C[C@@H](O)CNC(=O)[C@@H]3[C@@H](O)[C@@H](C)CN3C(=O)[C@H]([C@H](O)CCN(C(=O)OCC3c4ccccc4-c4ccccc43)C(CO)CO)NC2=O)ccc1O. The maximum Gasteiger partial charge on any atom is 0.410 e. The highest BCUT2D eigenvalue weighted by Crippen LogP contribution is 2.44. The predicted octanol–water partition coefficient (Wildman–Crippen LogP) is -2.56. The van der Waals surface area contributed by atoms with Gasteiger partial charge in [-0.3, -0.25) is 28.8 Å². The Kier molecular flexibility index (Phi) is 22.2. The molecule has 28 heteroatoms. The molecule has 3 heterocycles. The van der Waals surface area contributed by atoms with Crippen molar-refractivity contribution in [1.29, 1.82) is 0 Å². The zero-order valence-electron chi connectivity index (χ0n) is 49.1. The highest BCUT2D eigenvalue weighted by molar-refractivity contribution is 5.98. The predicted molar refractivity (Wildman–Crippen MR) is 306 cm³/mol. The van der Waals surface area contributed by atoms with Crippen molar-refractivity contribution in [3.05, 3.63) is 83.4 Å². The molecule has 14 N–H and O–H groups in total. The number of hydrogen-bond acceptors (Lipinski definition) is 20. The molecule has 3 fully saturated rings. The van der Waals surface area contributed by atoms with Crippen molar-refractivity contribution in [3.63, 3.8) is 0 Å². The second-order valence-corrected chi connectivity index (χ2v) is 23.5. The molecule has 28 nitrogen and oxygen atoms in total. The molecule has 0 unspecified atom stereocenters. The van der Waals surface area contributed by atoms with Gasteiger partial charge in [-0.15, -0.1) is 0 Å². The van der Waals surface area contributed by atoms with Crippen LogP contribution >= 0.6 is 0 Å². The number of rotatable bonds is 15. The number of aromatic hydroxyl groups is 1. The number of ether oxygens (including phenoxy) is 3. The minimum atomic E-state index is -2.20. The summed E-state index contributed by atoms with van der Waals surface area (Å²) >= 11 is 0. The maximum absolute atomic E-state index is 15.3. The third-order valence-electron chi connectivity index (χ3n) is 15.9. The highest BCUT2D eigenvalue weighted by atomic mass is 16.6. The topological polar surface area (TPSA) is 416 Å². The summed E-state index contributed by atoms with van der Waals surface area (Å²) in [4.78, 5) is 118. The normalized spacial score (nSPS) is 26.1. The molecular weight excluding hydrogens is 1140 g/mol. The van der Waals surface area contributed by atoms with Gasteiger partial charge in [0, 0.05) is 57.3 Å². The molecule has 0 saturated carbocycles. The summed E-state index contributed by atoms with van der Waals surface area (Å²) in [5.41, 5.74) is 2.70. The molecule has 0 radical (unpaired) electrons. The molecule has 13 atom stereocenters. The van der Waals surface area contributed by atoms with E-state index in [4.69, 9.17) is 14.2 Å². The number of amides is 8. The number of carbonyl (C=O) groups is 8. The number of methoxy groups -OCH3 is 1. The average molecular weight is 1220 g/mol. The van der Waals surface area contributed by atoms with Crippen molar-refractivity contribution in [2.45, 2.75) is 151 Å². The first kappa shape index (κ1) is 66.8. The largest absolute Gasteiger partial charge is 0.504 e. The number of fused-ring (bicyclic) bond motifs is 5. The van der Waals surface area contributed by atoms with Crippen molar-refractivity contribution in [2.24, 2.45) is 5.92 Å². The second kappa shape index (κ2) is 28.9. The second-order valence-electron chi connectivity index (χ2n) is 23.5. The lowest BCUT2D eigenvalue weighted by Gasteiger charge is -2.35. The fraction of sp³-hybridized carbons (Fsp3) is 0.559. The summed E-state index contributed by atoms with van der Waals surface area (Å²) in [5.74, 6) is -8.90. The lowest BCUT2D eigenvalue weighted by molar-refractivity contribution is -0.147. The number of hydrogen-bond donors (Lipinski definition) is 14. The van der Waals surface area contributed by atoms with Crippen LogP contribution in [0.1, 0.15) is 76.5 Å². The Labute approximate surface area is 501 Å². The zero-order valence-corrected chi connectivity index (χ0v) is 49.1. The Morgan fingerprint density at radius 1 is 0.759 bits per heavy atom. The maximum atomic E-state index is 15.3. The van der Waals surface area contributed by atoms with Crippen molar-refractivity contribution in [3.8, 4) is 22.6 Å². The van der Waals surface area contributed by atoms with E-state index >= 15 is 9.59 Å². The van der Waals surface area contributed by atoms with Gasteiger partial charge in [-0.2, -0.15) is 0 Å². The number of benzene rings is 3. The third-order valence-corrected chi connectivity index (χ3v) is 15.9. The number of aliphatic hydroxyl groups excluding tert-OH is 8. The minimum Gasteiger partial charge on any atom is -0.504 e. The summed E-state index contributed by atoms with van der Waals surface area (Å²) in [7, 11) is 1.25. The van der Waals surface area contributed by atoms with Crippen LogP contribution in [0.25, 0.3) is 11.1 Å². The molecule has 4 aliphatic rings. The summed E-state index contributed by atoms with van der Waals surface area (Å²) in [6.45, 7) is 3.06. The van der Waals surface area contributed by atoms with E-state index in [9.17, 15) is 74.7 Å². The smallest absolute Gasteiger partial charge is 0.410 e. The highest BCUT2D eigenvalue weighted by Gasteiger charge is 2.50. The van der Waals surface area contributed by atoms with Gasteiger partial charge in [0.05, 0.1) is 63.0 Å². The van der Waals surface area contributed by atoms with E-state index in [0.29, 0.717) is 0 Å². The van der Waals surface area contributed by atoms with Gasteiger partial charge in [-0.1, -0.05) is 61.5 Å². The molecule has 8 amide bonds. The van der Waals surface area contributed by atoms with E-state index in [0.717, 1.165) is 43.9 Å². The Morgan fingerprint density at radius 2 is 1.37 bits per heavy atom. The van der Waals surface area contributed by atoms with E-state index in [1.165, 1.54) is 53.0 Å².